The number of carbonyl (C=O) groups is 1. The normalized spacial score (nSPS) is 22.3. The molecule has 27 heavy (non-hydrogen) atoms. The van der Waals surface area contributed by atoms with Crippen molar-refractivity contribution in [3.63, 3.8) is 0 Å². The van der Waals surface area contributed by atoms with Crippen LogP contribution in [0.1, 0.15) is 23.2 Å². The lowest BCUT2D eigenvalue weighted by atomic mass is 9.94. The van der Waals surface area contributed by atoms with Crippen LogP contribution in [0.2, 0.25) is 0 Å². The molecular formula is C21H23N5O. The zero-order valence-corrected chi connectivity index (χ0v) is 15.5. The van der Waals surface area contributed by atoms with E-state index in [0.29, 0.717) is 5.92 Å². The number of rotatable bonds is 2. The van der Waals surface area contributed by atoms with Crippen molar-refractivity contribution in [2.75, 3.05) is 24.5 Å². The number of aromatic nitrogens is 3. The van der Waals surface area contributed by atoms with E-state index in [2.05, 4.69) is 25.8 Å². The summed E-state index contributed by atoms with van der Waals surface area (Å²) in [5.74, 6) is 1.54. The van der Waals surface area contributed by atoms with Gasteiger partial charge in [0.05, 0.1) is 11.8 Å². The minimum absolute atomic E-state index is 0.155. The number of para-hydroxylation sites is 1. The number of fused-ring (bicyclic) bond motifs is 5. The molecule has 1 aromatic carbocycles. The van der Waals surface area contributed by atoms with Crippen LogP contribution in [-0.2, 0) is 7.05 Å². The van der Waals surface area contributed by atoms with Crippen LogP contribution < -0.4 is 4.90 Å². The Labute approximate surface area is 158 Å². The van der Waals surface area contributed by atoms with Crippen LogP contribution in [0.4, 0.5) is 5.82 Å². The van der Waals surface area contributed by atoms with Crippen LogP contribution in [0.25, 0.3) is 10.9 Å². The van der Waals surface area contributed by atoms with E-state index in [-0.39, 0.29) is 11.9 Å². The molecule has 2 atom stereocenters. The van der Waals surface area contributed by atoms with Crippen molar-refractivity contribution in [3.8, 4) is 0 Å². The Morgan fingerprint density at radius 3 is 2.85 bits per heavy atom. The second-order valence-electron chi connectivity index (χ2n) is 7.69. The van der Waals surface area contributed by atoms with Gasteiger partial charge in [-0.2, -0.15) is 0 Å². The first-order valence-electron chi connectivity index (χ1n) is 9.56. The van der Waals surface area contributed by atoms with Gasteiger partial charge < -0.3 is 14.4 Å². The van der Waals surface area contributed by atoms with E-state index in [4.69, 9.17) is 0 Å². The van der Waals surface area contributed by atoms with E-state index in [1.807, 2.05) is 42.2 Å². The quantitative estimate of drug-likeness (QED) is 0.704. The molecule has 0 N–H and O–H groups in total. The summed E-state index contributed by atoms with van der Waals surface area (Å²) in [5.41, 5.74) is 1.91. The van der Waals surface area contributed by atoms with E-state index in [9.17, 15) is 4.79 Å². The molecule has 6 nitrogen and oxygen atoms in total. The number of amides is 1. The molecule has 5 heterocycles. The highest BCUT2D eigenvalue weighted by atomic mass is 16.2. The topological polar surface area (TPSA) is 54.3 Å². The fourth-order valence-corrected chi connectivity index (χ4v) is 4.64. The zero-order valence-electron chi connectivity index (χ0n) is 15.5. The smallest absolute Gasteiger partial charge is 0.256 e. The summed E-state index contributed by atoms with van der Waals surface area (Å²) >= 11 is 0. The summed E-state index contributed by atoms with van der Waals surface area (Å²) in [6, 6.07) is 8.35. The summed E-state index contributed by atoms with van der Waals surface area (Å²) in [6.45, 7) is 2.59. The summed E-state index contributed by atoms with van der Waals surface area (Å²) < 4.78 is 2.05. The number of anilines is 1. The van der Waals surface area contributed by atoms with Crippen LogP contribution in [0, 0.1) is 5.92 Å². The average molecular weight is 361 g/mol. The highest BCUT2D eigenvalue weighted by Crippen LogP contribution is 2.32. The van der Waals surface area contributed by atoms with E-state index in [1.54, 1.807) is 12.4 Å². The monoisotopic (exact) mass is 361 g/mol. The first-order valence-corrected chi connectivity index (χ1v) is 9.56. The molecule has 0 spiro atoms. The molecule has 6 heteroatoms. The summed E-state index contributed by atoms with van der Waals surface area (Å²) in [7, 11) is 2.00. The third kappa shape index (κ3) is 2.76. The molecule has 138 valence electrons. The summed E-state index contributed by atoms with van der Waals surface area (Å²) in [4.78, 5) is 26.6. The van der Waals surface area contributed by atoms with E-state index in [1.165, 1.54) is 6.42 Å². The number of aryl methyl sites for hydroxylation is 1. The number of benzene rings is 1. The van der Waals surface area contributed by atoms with Gasteiger partial charge in [-0.05, 0) is 24.8 Å². The number of hydrogen-bond acceptors (Lipinski definition) is 4. The first-order chi connectivity index (χ1) is 13.2. The molecule has 0 radical (unpaired) electrons. The third-order valence-corrected chi connectivity index (χ3v) is 5.98. The van der Waals surface area contributed by atoms with Gasteiger partial charge in [-0.3, -0.25) is 9.78 Å². The molecule has 0 saturated carbocycles. The maximum atomic E-state index is 13.5. The molecule has 3 aliphatic rings. The van der Waals surface area contributed by atoms with Gasteiger partial charge in [-0.25, -0.2) is 4.98 Å². The van der Waals surface area contributed by atoms with E-state index >= 15 is 0 Å². The standard InChI is InChI=1S/C21H23N5O/c1-24-14-18(17-4-2-3-5-19(17)24)21(27)26-12-15-6-7-16(26)13-25(11-15)20-10-22-8-9-23-20/h2-5,8-10,14-16H,6-7,11-13H2,1H3/t15-,16+/m0/s1. The maximum absolute atomic E-state index is 13.5. The van der Waals surface area contributed by atoms with Gasteiger partial charge in [0.2, 0.25) is 0 Å². The number of carbonyl (C=O) groups excluding carboxylic acids is 1. The van der Waals surface area contributed by atoms with Crippen molar-refractivity contribution in [2.24, 2.45) is 13.0 Å². The maximum Gasteiger partial charge on any atom is 0.256 e. The molecule has 2 bridgehead atoms. The van der Waals surface area contributed by atoms with Gasteiger partial charge in [0, 0.05) is 62.2 Å². The highest BCUT2D eigenvalue weighted by Gasteiger charge is 2.38. The fraction of sp³-hybridized carbons (Fsp3) is 0.381. The minimum atomic E-state index is 0.155. The van der Waals surface area contributed by atoms with Crippen molar-refractivity contribution in [2.45, 2.75) is 18.9 Å². The van der Waals surface area contributed by atoms with Crippen molar-refractivity contribution >= 4 is 22.6 Å². The molecule has 1 amide bonds. The van der Waals surface area contributed by atoms with Crippen molar-refractivity contribution in [3.05, 3.63) is 54.6 Å². The Hall–Kier alpha value is -2.89. The lowest BCUT2D eigenvalue weighted by Gasteiger charge is -2.36. The van der Waals surface area contributed by atoms with Crippen molar-refractivity contribution < 1.29 is 4.79 Å². The molecule has 0 aliphatic carbocycles. The molecule has 3 fully saturated rings. The average Bonchev–Trinajstić information content (AvgIpc) is 2.87. The molecule has 3 aliphatic heterocycles. The zero-order chi connectivity index (χ0) is 18.4. The third-order valence-electron chi connectivity index (χ3n) is 5.98. The largest absolute Gasteiger partial charge is 0.353 e. The molecule has 2 aromatic heterocycles. The van der Waals surface area contributed by atoms with Crippen LogP contribution in [0.5, 0.6) is 0 Å². The lowest BCUT2D eigenvalue weighted by Crippen LogP contribution is -2.47. The molecular weight excluding hydrogens is 338 g/mol. The Morgan fingerprint density at radius 2 is 2.00 bits per heavy atom. The van der Waals surface area contributed by atoms with Gasteiger partial charge in [-0.15, -0.1) is 0 Å². The Morgan fingerprint density at radius 1 is 1.11 bits per heavy atom. The van der Waals surface area contributed by atoms with Gasteiger partial charge in [0.25, 0.3) is 5.91 Å². The predicted octanol–water partition coefficient (Wildman–Crippen LogP) is 2.71. The summed E-state index contributed by atoms with van der Waals surface area (Å²) in [5, 5.41) is 1.04. The Bertz CT molecular complexity index is 983. The Kier molecular flexibility index (Phi) is 3.85. The highest BCUT2D eigenvalue weighted by molar-refractivity contribution is 6.07. The number of piperidine rings is 1. The van der Waals surface area contributed by atoms with Crippen molar-refractivity contribution in [1.29, 1.82) is 0 Å². The second-order valence-corrected chi connectivity index (χ2v) is 7.69. The second kappa shape index (κ2) is 6.37. The number of nitrogens with zero attached hydrogens (tertiary/aromatic N) is 5. The van der Waals surface area contributed by atoms with Gasteiger partial charge in [-0.1, -0.05) is 18.2 Å². The minimum Gasteiger partial charge on any atom is -0.353 e. The van der Waals surface area contributed by atoms with Crippen LogP contribution in [-0.4, -0.2) is 51.0 Å². The van der Waals surface area contributed by atoms with Gasteiger partial charge in [0.15, 0.2) is 0 Å². The van der Waals surface area contributed by atoms with E-state index in [0.717, 1.165) is 48.3 Å². The molecule has 3 saturated heterocycles. The van der Waals surface area contributed by atoms with Gasteiger partial charge >= 0.3 is 0 Å². The van der Waals surface area contributed by atoms with Crippen LogP contribution in [0.15, 0.2) is 49.1 Å². The van der Waals surface area contributed by atoms with Crippen LogP contribution >= 0.6 is 0 Å². The number of hydrogen-bond donors (Lipinski definition) is 0. The SMILES string of the molecule is Cn1cc(C(=O)N2C[C@H]3CC[C@@H]2CN(c2cnccn2)C3)c2ccccc21. The molecule has 0 unspecified atom stereocenters. The fourth-order valence-electron chi connectivity index (χ4n) is 4.64. The Balaban J connectivity index is 1.46. The van der Waals surface area contributed by atoms with Crippen LogP contribution in [0.3, 0.4) is 0 Å². The molecule has 3 aromatic rings. The van der Waals surface area contributed by atoms with E-state index < -0.39 is 0 Å². The molecule has 6 rings (SSSR count). The summed E-state index contributed by atoms with van der Waals surface area (Å²) in [6.07, 6.45) is 9.46. The van der Waals surface area contributed by atoms with Gasteiger partial charge in [0.1, 0.15) is 5.82 Å². The lowest BCUT2D eigenvalue weighted by molar-refractivity contribution is 0.0594. The predicted molar refractivity (Wildman–Crippen MR) is 105 cm³/mol. The first kappa shape index (κ1) is 16.3. The van der Waals surface area contributed by atoms with Crippen molar-refractivity contribution in [1.82, 2.24) is 19.4 Å².